The van der Waals surface area contributed by atoms with E-state index in [-0.39, 0.29) is 40.3 Å². The van der Waals surface area contributed by atoms with Crippen molar-refractivity contribution in [2.45, 2.75) is 88.9 Å². The van der Waals surface area contributed by atoms with Crippen LogP contribution in [0.1, 0.15) is 76.7 Å². The Balaban J connectivity index is 1.52. The molecule has 4 fully saturated rings. The first kappa shape index (κ1) is 19.8. The highest BCUT2D eigenvalue weighted by Gasteiger charge is 2.69. The lowest BCUT2D eigenvalue weighted by atomic mass is 9.42. The lowest BCUT2D eigenvalue weighted by Gasteiger charge is -2.64. The molecule has 1 aromatic rings. The average molecular weight is 403 g/mol. The van der Waals surface area contributed by atoms with Crippen molar-refractivity contribution in [1.82, 2.24) is 0 Å². The van der Waals surface area contributed by atoms with Crippen LogP contribution in [0, 0.1) is 28.6 Å². The largest absolute Gasteiger partial charge is 0.431 e. The van der Waals surface area contributed by atoms with Gasteiger partial charge < -0.3 is 19.7 Å². The quantitative estimate of drug-likeness (QED) is 0.671. The van der Waals surface area contributed by atoms with Crippen molar-refractivity contribution in [3.05, 3.63) is 34.4 Å². The van der Waals surface area contributed by atoms with Crippen LogP contribution >= 0.6 is 0 Å². The summed E-state index contributed by atoms with van der Waals surface area (Å²) in [6.07, 6.45) is 7.47. The van der Waals surface area contributed by atoms with Crippen molar-refractivity contribution >= 4 is 0 Å². The second-order valence-corrected chi connectivity index (χ2v) is 10.9. The Morgan fingerprint density at radius 2 is 1.83 bits per heavy atom. The van der Waals surface area contributed by atoms with Gasteiger partial charge in [0.25, 0.3) is 0 Å². The summed E-state index contributed by atoms with van der Waals surface area (Å²) in [4.78, 5) is 11.4. The van der Waals surface area contributed by atoms with E-state index in [0.29, 0.717) is 18.8 Å². The molecule has 4 aliphatic carbocycles. The van der Waals surface area contributed by atoms with Crippen molar-refractivity contribution in [3.63, 3.8) is 0 Å². The number of hydrogen-bond donors (Lipinski definition) is 3. The zero-order chi connectivity index (χ0) is 20.6. The molecule has 0 radical (unpaired) electrons. The fraction of sp³-hybridized carbons (Fsp3) is 0.792. The third kappa shape index (κ3) is 2.60. The number of aliphatic hydroxyl groups is 3. The topological polar surface area (TPSA) is 90.9 Å². The molecule has 0 bridgehead atoms. The number of hydrogen-bond acceptors (Lipinski definition) is 5. The standard InChI is InChI=1S/C24H34O5/c1-22-8-5-16(25)11-15(22)12-19(26)21-18(22)6-9-23(2)17(7-10-24(21,23)28)14-3-4-20(27)29-13-14/h3-4,13,15-19,21,25-26,28H,5-12H2,1-2H3. The summed E-state index contributed by atoms with van der Waals surface area (Å²) in [5.74, 6) is 0.618. The smallest absolute Gasteiger partial charge is 0.335 e. The van der Waals surface area contributed by atoms with Crippen LogP contribution in [-0.2, 0) is 0 Å². The summed E-state index contributed by atoms with van der Waals surface area (Å²) < 4.78 is 5.14. The van der Waals surface area contributed by atoms with Crippen molar-refractivity contribution in [3.8, 4) is 0 Å². The van der Waals surface area contributed by atoms with E-state index in [1.54, 1.807) is 6.26 Å². The van der Waals surface area contributed by atoms with Crippen LogP contribution in [0.3, 0.4) is 0 Å². The Labute approximate surface area is 172 Å². The van der Waals surface area contributed by atoms with Crippen LogP contribution in [0.5, 0.6) is 0 Å². The molecular formula is C24H34O5. The zero-order valence-corrected chi connectivity index (χ0v) is 17.5. The summed E-state index contributed by atoms with van der Waals surface area (Å²) in [5, 5.41) is 33.6. The second-order valence-electron chi connectivity index (χ2n) is 10.9. The van der Waals surface area contributed by atoms with Gasteiger partial charge in [0.2, 0.25) is 0 Å². The maximum absolute atomic E-state index is 12.2. The molecule has 5 heteroatoms. The highest BCUT2D eigenvalue weighted by molar-refractivity contribution is 5.27. The van der Waals surface area contributed by atoms with Gasteiger partial charge in [0.1, 0.15) is 0 Å². The van der Waals surface area contributed by atoms with E-state index in [2.05, 4.69) is 13.8 Å². The molecule has 0 spiro atoms. The minimum atomic E-state index is -0.916. The fourth-order valence-corrected chi connectivity index (χ4v) is 8.29. The van der Waals surface area contributed by atoms with E-state index in [9.17, 15) is 20.1 Å². The molecule has 0 aliphatic heterocycles. The third-order valence-electron chi connectivity index (χ3n) is 9.95. The molecule has 160 valence electrons. The number of rotatable bonds is 1. The molecule has 4 aliphatic rings. The third-order valence-corrected chi connectivity index (χ3v) is 9.95. The Kier molecular flexibility index (Phi) is 4.37. The highest BCUT2D eigenvalue weighted by atomic mass is 16.4. The van der Waals surface area contributed by atoms with Gasteiger partial charge in [-0.25, -0.2) is 4.79 Å². The molecule has 5 nitrogen and oxygen atoms in total. The van der Waals surface area contributed by atoms with Crippen LogP contribution in [0.2, 0.25) is 0 Å². The van der Waals surface area contributed by atoms with Gasteiger partial charge in [0.05, 0.1) is 24.1 Å². The molecule has 4 saturated carbocycles. The van der Waals surface area contributed by atoms with Crippen LogP contribution in [-0.4, -0.2) is 33.1 Å². The zero-order valence-electron chi connectivity index (χ0n) is 17.5. The summed E-state index contributed by atoms with van der Waals surface area (Å²) >= 11 is 0. The van der Waals surface area contributed by atoms with Gasteiger partial charge >= 0.3 is 5.63 Å². The van der Waals surface area contributed by atoms with Crippen molar-refractivity contribution in [2.24, 2.45) is 28.6 Å². The van der Waals surface area contributed by atoms with E-state index in [1.165, 1.54) is 6.07 Å². The first-order valence-corrected chi connectivity index (χ1v) is 11.4. The van der Waals surface area contributed by atoms with E-state index in [1.807, 2.05) is 6.07 Å². The van der Waals surface area contributed by atoms with Crippen molar-refractivity contribution in [2.75, 3.05) is 0 Å². The van der Waals surface area contributed by atoms with Gasteiger partial charge in [-0.3, -0.25) is 0 Å². The maximum Gasteiger partial charge on any atom is 0.335 e. The van der Waals surface area contributed by atoms with Crippen LogP contribution in [0.4, 0.5) is 0 Å². The lowest BCUT2D eigenvalue weighted by molar-refractivity contribution is -0.238. The minimum absolute atomic E-state index is 0.0812. The summed E-state index contributed by atoms with van der Waals surface area (Å²) in [5.41, 5.74) is -0.543. The van der Waals surface area contributed by atoms with Gasteiger partial charge in [-0.2, -0.15) is 0 Å². The highest BCUT2D eigenvalue weighted by Crippen LogP contribution is 2.70. The Morgan fingerprint density at radius 3 is 2.55 bits per heavy atom. The predicted octanol–water partition coefficient (Wildman–Crippen LogP) is 3.21. The molecule has 3 N–H and O–H groups in total. The fourth-order valence-electron chi connectivity index (χ4n) is 8.29. The predicted molar refractivity (Wildman–Crippen MR) is 108 cm³/mol. The van der Waals surface area contributed by atoms with Gasteiger partial charge in [-0.15, -0.1) is 0 Å². The molecule has 0 saturated heterocycles. The van der Waals surface area contributed by atoms with Crippen LogP contribution in [0.15, 0.2) is 27.6 Å². The van der Waals surface area contributed by atoms with E-state index in [0.717, 1.165) is 44.1 Å². The molecule has 9 unspecified atom stereocenters. The molecular weight excluding hydrogens is 368 g/mol. The van der Waals surface area contributed by atoms with Crippen LogP contribution < -0.4 is 5.63 Å². The Hall–Kier alpha value is -1.17. The number of aliphatic hydroxyl groups excluding tert-OH is 2. The van der Waals surface area contributed by atoms with E-state index in [4.69, 9.17) is 4.42 Å². The summed E-state index contributed by atoms with van der Waals surface area (Å²) in [6, 6.07) is 3.31. The molecule has 0 aromatic carbocycles. The molecule has 9 atom stereocenters. The number of fused-ring (bicyclic) bond motifs is 5. The van der Waals surface area contributed by atoms with Gasteiger partial charge in [0, 0.05) is 17.4 Å². The summed E-state index contributed by atoms with van der Waals surface area (Å²) in [7, 11) is 0. The Morgan fingerprint density at radius 1 is 1.03 bits per heavy atom. The molecule has 1 aromatic heterocycles. The minimum Gasteiger partial charge on any atom is -0.431 e. The van der Waals surface area contributed by atoms with Gasteiger partial charge in [-0.1, -0.05) is 13.8 Å². The normalized spacial score (nSPS) is 51.8. The SMILES string of the molecule is CC12CCC(O)CC1CC(O)C1C2CCC2(C)C(c3ccc(=O)oc3)CCC12O. The molecule has 0 amide bonds. The first-order valence-electron chi connectivity index (χ1n) is 11.4. The van der Waals surface area contributed by atoms with Crippen molar-refractivity contribution in [1.29, 1.82) is 0 Å². The monoisotopic (exact) mass is 402 g/mol. The first-order chi connectivity index (χ1) is 13.7. The Bertz CT molecular complexity index is 829. The van der Waals surface area contributed by atoms with Crippen LogP contribution in [0.25, 0.3) is 0 Å². The second kappa shape index (κ2) is 6.41. The molecule has 29 heavy (non-hydrogen) atoms. The maximum atomic E-state index is 12.2. The van der Waals surface area contributed by atoms with E-state index >= 15 is 0 Å². The lowest BCUT2D eigenvalue weighted by Crippen LogP contribution is -2.66. The van der Waals surface area contributed by atoms with Gasteiger partial charge in [-0.05, 0) is 86.2 Å². The average Bonchev–Trinajstić information content (AvgIpc) is 2.95. The van der Waals surface area contributed by atoms with Crippen molar-refractivity contribution < 1.29 is 19.7 Å². The van der Waals surface area contributed by atoms with Gasteiger partial charge in [0.15, 0.2) is 0 Å². The molecule has 5 rings (SSSR count). The van der Waals surface area contributed by atoms with E-state index < -0.39 is 11.7 Å². The molecule has 1 heterocycles. The summed E-state index contributed by atoms with van der Waals surface area (Å²) in [6.45, 7) is 4.52.